The fourth-order valence-electron chi connectivity index (χ4n) is 2.00. The lowest BCUT2D eigenvalue weighted by Gasteiger charge is -2.24. The highest BCUT2D eigenvalue weighted by Gasteiger charge is 2.14. The summed E-state index contributed by atoms with van der Waals surface area (Å²) in [6, 6.07) is 6.85. The average molecular weight is 237 g/mol. The first-order valence-electron chi connectivity index (χ1n) is 5.78. The summed E-state index contributed by atoms with van der Waals surface area (Å²) in [5, 5.41) is 3.62. The maximum Gasteiger partial charge on any atom is 0.119 e. The molecule has 1 heterocycles. The monoisotopic (exact) mass is 237 g/mol. The van der Waals surface area contributed by atoms with Gasteiger partial charge in [-0.1, -0.05) is 0 Å². The first-order chi connectivity index (χ1) is 7.79. The zero-order chi connectivity index (χ0) is 11.4. The van der Waals surface area contributed by atoms with Crippen molar-refractivity contribution in [3.8, 4) is 5.75 Å². The van der Waals surface area contributed by atoms with Gasteiger partial charge in [0.15, 0.2) is 0 Å². The Balaban J connectivity index is 2.03. The predicted molar refractivity (Wildman–Crippen MR) is 71.7 cm³/mol. The molecule has 1 aliphatic rings. The lowest BCUT2D eigenvalue weighted by Crippen LogP contribution is -2.26. The normalized spacial score (nSPS) is 20.5. The zero-order valence-corrected chi connectivity index (χ0v) is 10.8. The number of methoxy groups -OCH3 is 1. The number of ether oxygens (including phenoxy) is 1. The molecule has 1 aliphatic heterocycles. The molecule has 3 heteroatoms. The fraction of sp³-hybridized carbons (Fsp3) is 0.538. The second kappa shape index (κ2) is 5.48. The molecule has 1 unspecified atom stereocenters. The summed E-state index contributed by atoms with van der Waals surface area (Å²) < 4.78 is 5.21. The number of benzene rings is 1. The van der Waals surface area contributed by atoms with E-state index in [-0.39, 0.29) is 0 Å². The van der Waals surface area contributed by atoms with Gasteiger partial charge in [-0.05, 0) is 49.3 Å². The van der Waals surface area contributed by atoms with E-state index >= 15 is 0 Å². The Kier molecular flexibility index (Phi) is 3.99. The van der Waals surface area contributed by atoms with Gasteiger partial charge < -0.3 is 10.1 Å². The third-order valence-corrected chi connectivity index (χ3v) is 4.17. The number of anilines is 1. The van der Waals surface area contributed by atoms with Gasteiger partial charge in [0.25, 0.3) is 0 Å². The summed E-state index contributed by atoms with van der Waals surface area (Å²) in [5.41, 5.74) is 2.50. The van der Waals surface area contributed by atoms with Crippen LogP contribution in [0.2, 0.25) is 0 Å². The molecule has 1 atom stereocenters. The van der Waals surface area contributed by atoms with E-state index in [0.29, 0.717) is 6.04 Å². The number of aryl methyl sites for hydroxylation is 1. The predicted octanol–water partition coefficient (Wildman–Crippen LogP) is 3.31. The highest BCUT2D eigenvalue weighted by atomic mass is 32.2. The topological polar surface area (TPSA) is 21.3 Å². The molecule has 2 rings (SSSR count). The van der Waals surface area contributed by atoms with E-state index in [9.17, 15) is 0 Å². The van der Waals surface area contributed by atoms with Gasteiger partial charge in [0.05, 0.1) is 7.11 Å². The Hall–Kier alpha value is -0.830. The van der Waals surface area contributed by atoms with Gasteiger partial charge in [-0.15, -0.1) is 0 Å². The largest absolute Gasteiger partial charge is 0.497 e. The highest BCUT2D eigenvalue weighted by Crippen LogP contribution is 2.25. The van der Waals surface area contributed by atoms with Crippen molar-refractivity contribution < 1.29 is 4.74 Å². The minimum atomic E-state index is 0.630. The highest BCUT2D eigenvalue weighted by molar-refractivity contribution is 7.99. The third-order valence-electron chi connectivity index (χ3n) is 2.95. The van der Waals surface area contributed by atoms with Crippen LogP contribution >= 0.6 is 11.8 Å². The van der Waals surface area contributed by atoms with Crippen molar-refractivity contribution in [3.05, 3.63) is 23.8 Å². The Morgan fingerprint density at radius 2 is 2.31 bits per heavy atom. The molecular weight excluding hydrogens is 218 g/mol. The molecule has 1 aromatic rings. The molecule has 1 saturated heterocycles. The molecule has 1 fully saturated rings. The molecule has 0 saturated carbocycles. The van der Waals surface area contributed by atoms with Gasteiger partial charge in [0, 0.05) is 17.5 Å². The number of nitrogens with one attached hydrogen (secondary N) is 1. The van der Waals surface area contributed by atoms with Crippen molar-refractivity contribution in [2.45, 2.75) is 25.8 Å². The van der Waals surface area contributed by atoms with Gasteiger partial charge in [0.2, 0.25) is 0 Å². The van der Waals surface area contributed by atoms with Crippen LogP contribution in [-0.4, -0.2) is 24.7 Å². The van der Waals surface area contributed by atoms with Gasteiger partial charge in [-0.3, -0.25) is 0 Å². The Labute approximate surface area is 102 Å². The van der Waals surface area contributed by atoms with Gasteiger partial charge in [-0.25, -0.2) is 0 Å². The molecule has 0 spiro atoms. The second-order valence-corrected chi connectivity index (χ2v) is 5.39. The van der Waals surface area contributed by atoms with E-state index in [4.69, 9.17) is 4.74 Å². The molecular formula is C13H19NOS. The second-order valence-electron chi connectivity index (χ2n) is 4.24. The average Bonchev–Trinajstić information content (AvgIpc) is 2.33. The van der Waals surface area contributed by atoms with Crippen molar-refractivity contribution in [2.75, 3.05) is 23.9 Å². The Bertz CT molecular complexity index is 348. The van der Waals surface area contributed by atoms with Crippen LogP contribution in [0.5, 0.6) is 5.75 Å². The molecule has 0 aliphatic carbocycles. The minimum absolute atomic E-state index is 0.630. The first-order valence-corrected chi connectivity index (χ1v) is 6.94. The van der Waals surface area contributed by atoms with Crippen LogP contribution in [-0.2, 0) is 0 Å². The molecule has 1 N–H and O–H groups in total. The summed E-state index contributed by atoms with van der Waals surface area (Å²) in [6.45, 7) is 2.13. The van der Waals surface area contributed by atoms with Crippen molar-refractivity contribution in [1.29, 1.82) is 0 Å². The van der Waals surface area contributed by atoms with E-state index in [0.717, 1.165) is 5.75 Å². The van der Waals surface area contributed by atoms with E-state index < -0.39 is 0 Å². The minimum Gasteiger partial charge on any atom is -0.497 e. The van der Waals surface area contributed by atoms with Gasteiger partial charge in [-0.2, -0.15) is 11.8 Å². The molecule has 2 nitrogen and oxygen atoms in total. The number of thioether (sulfide) groups is 1. The summed E-state index contributed by atoms with van der Waals surface area (Å²) in [4.78, 5) is 0. The molecule has 88 valence electrons. The van der Waals surface area contributed by atoms with Crippen molar-refractivity contribution in [3.63, 3.8) is 0 Å². The van der Waals surface area contributed by atoms with Crippen LogP contribution in [0.1, 0.15) is 18.4 Å². The van der Waals surface area contributed by atoms with Crippen LogP contribution in [0.3, 0.4) is 0 Å². The van der Waals surface area contributed by atoms with Crippen molar-refractivity contribution in [2.24, 2.45) is 0 Å². The Morgan fingerprint density at radius 1 is 1.44 bits per heavy atom. The van der Waals surface area contributed by atoms with E-state index in [1.165, 1.54) is 35.6 Å². The van der Waals surface area contributed by atoms with Gasteiger partial charge in [0.1, 0.15) is 5.75 Å². The smallest absolute Gasteiger partial charge is 0.119 e. The summed E-state index contributed by atoms with van der Waals surface area (Å²) in [5.74, 6) is 3.48. The summed E-state index contributed by atoms with van der Waals surface area (Å²) in [7, 11) is 1.71. The molecule has 0 aromatic heterocycles. The van der Waals surface area contributed by atoms with Crippen molar-refractivity contribution >= 4 is 17.4 Å². The lowest BCUT2D eigenvalue weighted by molar-refractivity contribution is 0.414. The SMILES string of the molecule is COc1ccc(NC2CCCSC2)c(C)c1. The summed E-state index contributed by atoms with van der Waals surface area (Å²) in [6.07, 6.45) is 2.62. The number of hydrogen-bond acceptors (Lipinski definition) is 3. The van der Waals surface area contributed by atoms with E-state index in [1.54, 1.807) is 7.11 Å². The summed E-state index contributed by atoms with van der Waals surface area (Å²) >= 11 is 2.05. The standard InChI is InChI=1S/C13H19NOS/c1-10-8-12(15-2)5-6-13(10)14-11-4-3-7-16-9-11/h5-6,8,11,14H,3-4,7,9H2,1-2H3. The quantitative estimate of drug-likeness (QED) is 0.871. The van der Waals surface area contributed by atoms with Crippen molar-refractivity contribution in [1.82, 2.24) is 0 Å². The molecule has 16 heavy (non-hydrogen) atoms. The van der Waals surface area contributed by atoms with E-state index in [1.807, 2.05) is 17.8 Å². The zero-order valence-electron chi connectivity index (χ0n) is 9.95. The lowest BCUT2D eigenvalue weighted by atomic mass is 10.1. The van der Waals surface area contributed by atoms with Crippen LogP contribution < -0.4 is 10.1 Å². The van der Waals surface area contributed by atoms with Crippen LogP contribution in [0.25, 0.3) is 0 Å². The molecule has 1 aromatic carbocycles. The molecule has 0 bridgehead atoms. The fourth-order valence-corrected chi connectivity index (χ4v) is 3.07. The number of hydrogen-bond donors (Lipinski definition) is 1. The Morgan fingerprint density at radius 3 is 2.94 bits per heavy atom. The molecule has 0 radical (unpaired) electrons. The molecule has 0 amide bonds. The van der Waals surface area contributed by atoms with E-state index in [2.05, 4.69) is 24.4 Å². The first kappa shape index (κ1) is 11.6. The maximum absolute atomic E-state index is 5.21. The van der Waals surface area contributed by atoms with Crippen LogP contribution in [0.4, 0.5) is 5.69 Å². The maximum atomic E-state index is 5.21. The van der Waals surface area contributed by atoms with Gasteiger partial charge >= 0.3 is 0 Å². The third kappa shape index (κ3) is 2.85. The van der Waals surface area contributed by atoms with Crippen LogP contribution in [0.15, 0.2) is 18.2 Å². The van der Waals surface area contributed by atoms with Crippen LogP contribution in [0, 0.1) is 6.92 Å². The number of rotatable bonds is 3.